The predicted molar refractivity (Wildman–Crippen MR) is 117 cm³/mol. The summed E-state index contributed by atoms with van der Waals surface area (Å²) in [5.41, 5.74) is 0.919. The number of nitro groups is 1. The Labute approximate surface area is 179 Å². The Bertz CT molecular complexity index is 875. The van der Waals surface area contributed by atoms with Gasteiger partial charge in [0.05, 0.1) is 4.92 Å². The van der Waals surface area contributed by atoms with Crippen LogP contribution in [0.2, 0.25) is 0 Å². The second kappa shape index (κ2) is 9.32. The second-order valence-corrected chi connectivity index (χ2v) is 10.7. The van der Waals surface area contributed by atoms with Crippen LogP contribution in [0.5, 0.6) is 5.75 Å². The first-order valence-electron chi connectivity index (χ1n) is 9.83. The molecule has 3 rings (SSSR count). The van der Waals surface area contributed by atoms with Gasteiger partial charge in [-0.15, -0.1) is 0 Å². The maximum atomic E-state index is 13.8. The Balaban J connectivity index is 1.81. The SMILES string of the molecule is C[S+](O[C@H]1CN(Cc2ccccc2)C[C@@H]1Oc1cc(F)ccc1[N+](=O)[O-])C(C)(C)C. The fourth-order valence-corrected chi connectivity index (χ4v) is 4.07. The largest absolute Gasteiger partial charge is 0.479 e. The molecule has 30 heavy (non-hydrogen) atoms. The van der Waals surface area contributed by atoms with E-state index < -0.39 is 16.8 Å². The summed E-state index contributed by atoms with van der Waals surface area (Å²) < 4.78 is 26.1. The Hall–Kier alpha value is -2.16. The van der Waals surface area contributed by atoms with Gasteiger partial charge in [0.25, 0.3) is 0 Å². The molecule has 3 atom stereocenters. The van der Waals surface area contributed by atoms with Gasteiger partial charge in [-0.25, -0.2) is 4.39 Å². The highest BCUT2D eigenvalue weighted by Crippen LogP contribution is 2.32. The van der Waals surface area contributed by atoms with Crippen LogP contribution in [0.15, 0.2) is 48.5 Å². The molecular weight excluding hydrogens is 407 g/mol. The summed E-state index contributed by atoms with van der Waals surface area (Å²) in [6.07, 6.45) is 1.33. The lowest BCUT2D eigenvalue weighted by Crippen LogP contribution is -2.39. The molecule has 1 unspecified atom stereocenters. The number of hydrogen-bond donors (Lipinski definition) is 0. The van der Waals surface area contributed by atoms with Crippen molar-refractivity contribution in [3.05, 3.63) is 70.0 Å². The number of hydrogen-bond acceptors (Lipinski definition) is 5. The monoisotopic (exact) mass is 435 g/mol. The van der Waals surface area contributed by atoms with E-state index >= 15 is 0 Å². The fraction of sp³-hybridized carbons (Fsp3) is 0.455. The van der Waals surface area contributed by atoms with Crippen molar-refractivity contribution in [2.75, 3.05) is 19.3 Å². The van der Waals surface area contributed by atoms with Crippen LogP contribution in [0.3, 0.4) is 0 Å². The van der Waals surface area contributed by atoms with Gasteiger partial charge in [0.1, 0.15) is 29.4 Å². The van der Waals surface area contributed by atoms with E-state index in [1.54, 1.807) is 0 Å². The van der Waals surface area contributed by atoms with Crippen LogP contribution in [-0.2, 0) is 21.9 Å². The number of nitrogens with zero attached hydrogens (tertiary/aromatic N) is 2. The molecule has 0 saturated carbocycles. The minimum atomic E-state index is -0.572. The highest BCUT2D eigenvalue weighted by molar-refractivity contribution is 7.93. The maximum absolute atomic E-state index is 13.8. The fourth-order valence-electron chi connectivity index (χ4n) is 3.22. The molecule has 2 aromatic carbocycles. The van der Waals surface area contributed by atoms with E-state index in [2.05, 4.69) is 37.8 Å². The molecule has 1 aliphatic rings. The Kier molecular flexibility index (Phi) is 7.00. The van der Waals surface area contributed by atoms with Gasteiger partial charge in [-0.2, -0.15) is 4.18 Å². The van der Waals surface area contributed by atoms with Crippen molar-refractivity contribution >= 4 is 16.9 Å². The molecule has 2 aromatic rings. The summed E-state index contributed by atoms with van der Waals surface area (Å²) in [5, 5.41) is 11.4. The standard InChI is InChI=1S/C22H28FN2O4S/c1-22(2,3)30(4)29-21-15-24(13-16-8-6-5-7-9-16)14-20(21)28-19-12-17(23)10-11-18(19)25(26)27/h5-12,20-21H,13-15H2,1-4H3/q+1/t20-,21-,30?/m0/s1. The van der Waals surface area contributed by atoms with Crippen LogP contribution in [0.4, 0.5) is 10.1 Å². The van der Waals surface area contributed by atoms with Gasteiger partial charge in [0, 0.05) is 31.8 Å². The van der Waals surface area contributed by atoms with Crippen molar-refractivity contribution in [2.45, 2.75) is 44.3 Å². The topological polar surface area (TPSA) is 64.8 Å². The second-order valence-electron chi connectivity index (χ2n) is 8.41. The van der Waals surface area contributed by atoms with E-state index in [9.17, 15) is 14.5 Å². The lowest BCUT2D eigenvalue weighted by Gasteiger charge is -2.22. The minimum absolute atomic E-state index is 0.0394. The van der Waals surface area contributed by atoms with Gasteiger partial charge in [-0.05, 0) is 32.4 Å². The molecular formula is C22H28FN2O4S+. The van der Waals surface area contributed by atoms with Crippen LogP contribution in [-0.4, -0.2) is 46.1 Å². The third kappa shape index (κ3) is 5.71. The maximum Gasteiger partial charge on any atom is 0.311 e. The van der Waals surface area contributed by atoms with Gasteiger partial charge in [-0.3, -0.25) is 15.0 Å². The highest BCUT2D eigenvalue weighted by atomic mass is 32.2. The Morgan fingerprint density at radius 1 is 1.17 bits per heavy atom. The van der Waals surface area contributed by atoms with Gasteiger partial charge < -0.3 is 4.74 Å². The van der Waals surface area contributed by atoms with Crippen molar-refractivity contribution < 1.29 is 18.2 Å². The van der Waals surface area contributed by atoms with Gasteiger partial charge >= 0.3 is 5.69 Å². The third-order valence-electron chi connectivity index (χ3n) is 5.07. The smallest absolute Gasteiger partial charge is 0.311 e. The number of ether oxygens (including phenoxy) is 1. The first-order chi connectivity index (χ1) is 14.1. The average molecular weight is 436 g/mol. The molecule has 8 heteroatoms. The lowest BCUT2D eigenvalue weighted by molar-refractivity contribution is -0.386. The highest BCUT2D eigenvalue weighted by Gasteiger charge is 2.44. The van der Waals surface area contributed by atoms with Crippen molar-refractivity contribution in [3.63, 3.8) is 0 Å². The van der Waals surface area contributed by atoms with E-state index in [-0.39, 0.29) is 33.5 Å². The summed E-state index contributed by atoms with van der Waals surface area (Å²) in [6.45, 7) is 8.23. The van der Waals surface area contributed by atoms with Crippen LogP contribution >= 0.6 is 0 Å². The summed E-state index contributed by atoms with van der Waals surface area (Å²) in [5.74, 6) is -0.635. The van der Waals surface area contributed by atoms with Crippen molar-refractivity contribution in [3.8, 4) is 5.75 Å². The quantitative estimate of drug-likeness (QED) is 0.368. The first-order valence-corrected chi connectivity index (χ1v) is 11.4. The summed E-state index contributed by atoms with van der Waals surface area (Å²) in [4.78, 5) is 13.0. The Morgan fingerprint density at radius 2 is 1.83 bits per heavy atom. The molecule has 0 aliphatic carbocycles. The normalized spacial score (nSPS) is 20.8. The molecule has 0 amide bonds. The molecule has 1 heterocycles. The van der Waals surface area contributed by atoms with E-state index in [0.29, 0.717) is 13.1 Å². The zero-order valence-electron chi connectivity index (χ0n) is 17.7. The molecule has 1 aliphatic heterocycles. The number of benzene rings is 2. The number of halogens is 1. The summed E-state index contributed by atoms with van der Waals surface area (Å²) >= 11 is -0.350. The Morgan fingerprint density at radius 3 is 2.47 bits per heavy atom. The zero-order chi connectivity index (χ0) is 21.9. The van der Waals surface area contributed by atoms with Crippen molar-refractivity contribution in [1.29, 1.82) is 0 Å². The molecule has 0 radical (unpaired) electrons. The van der Waals surface area contributed by atoms with Crippen LogP contribution < -0.4 is 4.74 Å². The van der Waals surface area contributed by atoms with Gasteiger partial charge in [0.2, 0.25) is 0 Å². The number of likely N-dealkylation sites (tertiary alicyclic amines) is 1. The molecule has 1 saturated heterocycles. The molecule has 0 aromatic heterocycles. The molecule has 0 N–H and O–H groups in total. The zero-order valence-corrected chi connectivity index (χ0v) is 18.5. The van der Waals surface area contributed by atoms with Crippen LogP contribution in [0, 0.1) is 15.9 Å². The van der Waals surface area contributed by atoms with Crippen LogP contribution in [0.1, 0.15) is 26.3 Å². The number of rotatable bonds is 7. The summed E-state index contributed by atoms with van der Waals surface area (Å²) in [7, 11) is 0. The van der Waals surface area contributed by atoms with Gasteiger partial charge in [0.15, 0.2) is 16.6 Å². The molecule has 0 spiro atoms. The van der Waals surface area contributed by atoms with Crippen molar-refractivity contribution in [1.82, 2.24) is 4.90 Å². The van der Waals surface area contributed by atoms with E-state index in [1.807, 2.05) is 24.5 Å². The molecule has 1 fully saturated rings. The van der Waals surface area contributed by atoms with Crippen molar-refractivity contribution in [2.24, 2.45) is 0 Å². The van der Waals surface area contributed by atoms with E-state index in [0.717, 1.165) is 24.7 Å². The minimum Gasteiger partial charge on any atom is -0.479 e. The molecule has 162 valence electrons. The number of nitro benzene ring substituents is 1. The third-order valence-corrected chi connectivity index (χ3v) is 7.33. The van der Waals surface area contributed by atoms with E-state index in [1.165, 1.54) is 5.56 Å². The van der Waals surface area contributed by atoms with Crippen LogP contribution in [0.25, 0.3) is 0 Å². The lowest BCUT2D eigenvalue weighted by atomic mass is 10.2. The summed E-state index contributed by atoms with van der Waals surface area (Å²) in [6, 6.07) is 13.3. The van der Waals surface area contributed by atoms with E-state index in [4.69, 9.17) is 8.92 Å². The van der Waals surface area contributed by atoms with Gasteiger partial charge in [-0.1, -0.05) is 30.3 Å². The average Bonchev–Trinajstić information content (AvgIpc) is 3.02. The first kappa shape index (κ1) is 22.5. The predicted octanol–water partition coefficient (Wildman–Crippen LogP) is 4.34. The molecule has 0 bridgehead atoms. The molecule has 6 nitrogen and oxygen atoms in total.